The van der Waals surface area contributed by atoms with Gasteiger partial charge in [-0.05, 0) is 37.1 Å². The minimum atomic E-state index is -0.373. The van der Waals surface area contributed by atoms with Crippen LogP contribution in [0.3, 0.4) is 0 Å². The van der Waals surface area contributed by atoms with E-state index in [0.717, 1.165) is 47.8 Å². The van der Waals surface area contributed by atoms with E-state index in [2.05, 4.69) is 17.1 Å². The van der Waals surface area contributed by atoms with E-state index in [-0.39, 0.29) is 11.9 Å². The lowest BCUT2D eigenvalue weighted by Crippen LogP contribution is -2.30. The first-order valence-electron chi connectivity index (χ1n) is 9.05. The van der Waals surface area contributed by atoms with Gasteiger partial charge in [0.25, 0.3) is 0 Å². The predicted molar refractivity (Wildman–Crippen MR) is 111 cm³/mol. The van der Waals surface area contributed by atoms with Gasteiger partial charge in [-0.3, -0.25) is 9.69 Å². The number of carbonyl (C=O) groups excluding carboxylic acids is 2. The molecule has 1 amide bonds. The highest BCUT2D eigenvalue weighted by Crippen LogP contribution is 2.37. The number of benzene rings is 1. The fraction of sp³-hybridized carbons (Fsp3) is 0.400. The molecule has 0 bridgehead atoms. The van der Waals surface area contributed by atoms with Gasteiger partial charge in [-0.1, -0.05) is 25.1 Å². The van der Waals surface area contributed by atoms with Gasteiger partial charge in [0.05, 0.1) is 18.4 Å². The Bertz CT molecular complexity index is 805. The molecule has 2 heterocycles. The molecule has 144 valence electrons. The minimum Gasteiger partial charge on any atom is -0.465 e. The van der Waals surface area contributed by atoms with Gasteiger partial charge in [0.2, 0.25) is 5.91 Å². The molecule has 3 rings (SSSR count). The largest absolute Gasteiger partial charge is 0.465 e. The van der Waals surface area contributed by atoms with E-state index in [0.29, 0.717) is 16.3 Å². The maximum atomic E-state index is 12.4. The van der Waals surface area contributed by atoms with Crippen molar-refractivity contribution in [3.05, 3.63) is 46.3 Å². The molecule has 1 aliphatic heterocycles. The Hall–Kier alpha value is -1.83. The van der Waals surface area contributed by atoms with Gasteiger partial charge in [-0.25, -0.2) is 4.79 Å². The molecule has 0 spiro atoms. The van der Waals surface area contributed by atoms with Crippen LogP contribution in [-0.4, -0.2) is 42.7 Å². The number of hydrogen-bond donors (Lipinski definition) is 1. The van der Waals surface area contributed by atoms with Crippen LogP contribution < -0.4 is 5.32 Å². The number of rotatable bonds is 7. The molecule has 0 fully saturated rings. The highest BCUT2D eigenvalue weighted by atomic mass is 32.2. The van der Waals surface area contributed by atoms with Crippen molar-refractivity contribution in [3.8, 4) is 0 Å². The van der Waals surface area contributed by atoms with Gasteiger partial charge in [0.15, 0.2) is 0 Å². The number of nitrogens with one attached hydrogen (secondary N) is 1. The zero-order valence-electron chi connectivity index (χ0n) is 15.6. The first-order chi connectivity index (χ1) is 13.1. The average molecular weight is 405 g/mol. The zero-order chi connectivity index (χ0) is 19.2. The van der Waals surface area contributed by atoms with Gasteiger partial charge in [-0.2, -0.15) is 0 Å². The normalized spacial score (nSPS) is 13.9. The van der Waals surface area contributed by atoms with E-state index in [9.17, 15) is 9.59 Å². The van der Waals surface area contributed by atoms with Crippen molar-refractivity contribution in [1.29, 1.82) is 0 Å². The van der Waals surface area contributed by atoms with Crippen molar-refractivity contribution in [2.75, 3.05) is 31.3 Å². The summed E-state index contributed by atoms with van der Waals surface area (Å²) in [5.41, 5.74) is 1.57. The quantitative estimate of drug-likeness (QED) is 0.558. The monoisotopic (exact) mass is 404 g/mol. The molecular formula is C20H24N2O3S2. The molecule has 1 aromatic carbocycles. The highest BCUT2D eigenvalue weighted by Gasteiger charge is 2.29. The minimum absolute atomic E-state index is 0.113. The van der Waals surface area contributed by atoms with Gasteiger partial charge < -0.3 is 10.1 Å². The molecule has 5 nitrogen and oxygen atoms in total. The molecule has 0 aliphatic carbocycles. The molecule has 27 heavy (non-hydrogen) atoms. The van der Waals surface area contributed by atoms with E-state index < -0.39 is 0 Å². The SMILES string of the molecule is CCCN1CCc2c(sc(NC(=O)CSc3ccccc3)c2C(=O)OC)C1. The molecular weight excluding hydrogens is 380 g/mol. The van der Waals surface area contributed by atoms with Gasteiger partial charge in [0.1, 0.15) is 5.00 Å². The molecule has 0 atom stereocenters. The Morgan fingerprint density at radius 2 is 2.07 bits per heavy atom. The second-order valence-electron chi connectivity index (χ2n) is 6.38. The third kappa shape index (κ3) is 4.91. The van der Waals surface area contributed by atoms with E-state index in [1.165, 1.54) is 30.2 Å². The summed E-state index contributed by atoms with van der Waals surface area (Å²) in [6.07, 6.45) is 1.91. The van der Waals surface area contributed by atoms with Crippen molar-refractivity contribution in [2.24, 2.45) is 0 Å². The molecule has 0 saturated carbocycles. The van der Waals surface area contributed by atoms with Gasteiger partial charge in [-0.15, -0.1) is 23.1 Å². The molecule has 1 aliphatic rings. The average Bonchev–Trinajstić information content (AvgIpc) is 3.03. The molecule has 0 saturated heterocycles. The number of nitrogens with zero attached hydrogens (tertiary/aromatic N) is 1. The summed E-state index contributed by atoms with van der Waals surface area (Å²) in [5, 5.41) is 3.55. The number of thiophene rings is 1. The Morgan fingerprint density at radius 1 is 1.30 bits per heavy atom. The standard InChI is InChI=1S/C20H24N2O3S2/c1-3-10-22-11-9-15-16(12-22)27-19(18(15)20(24)25-2)21-17(23)13-26-14-7-5-4-6-8-14/h4-8H,3,9-13H2,1-2H3,(H,21,23). The first-order valence-corrected chi connectivity index (χ1v) is 10.9. The third-order valence-electron chi connectivity index (χ3n) is 4.43. The van der Waals surface area contributed by atoms with E-state index in [1.54, 1.807) is 0 Å². The number of thioether (sulfide) groups is 1. The summed E-state index contributed by atoms with van der Waals surface area (Å²) < 4.78 is 4.98. The zero-order valence-corrected chi connectivity index (χ0v) is 17.3. The summed E-state index contributed by atoms with van der Waals surface area (Å²) in [6.45, 7) is 4.96. The fourth-order valence-electron chi connectivity index (χ4n) is 3.20. The van der Waals surface area contributed by atoms with Crippen LogP contribution in [0.5, 0.6) is 0 Å². The van der Waals surface area contributed by atoms with Crippen LogP contribution in [0.2, 0.25) is 0 Å². The summed E-state index contributed by atoms with van der Waals surface area (Å²) in [4.78, 5) is 29.4. The summed E-state index contributed by atoms with van der Waals surface area (Å²) >= 11 is 2.98. The molecule has 1 N–H and O–H groups in total. The van der Waals surface area contributed by atoms with Crippen molar-refractivity contribution in [2.45, 2.75) is 31.2 Å². The Balaban J connectivity index is 1.74. The Labute approximate surface area is 168 Å². The number of ether oxygens (including phenoxy) is 1. The lowest BCUT2D eigenvalue weighted by atomic mass is 10.0. The predicted octanol–water partition coefficient (Wildman–Crippen LogP) is 4.03. The number of methoxy groups -OCH3 is 1. The lowest BCUT2D eigenvalue weighted by molar-refractivity contribution is -0.113. The van der Waals surface area contributed by atoms with Crippen LogP contribution in [0, 0.1) is 0 Å². The number of carbonyl (C=O) groups is 2. The first kappa shape index (κ1) is 19.9. The number of amides is 1. The molecule has 1 aromatic heterocycles. The topological polar surface area (TPSA) is 58.6 Å². The number of hydrogen-bond acceptors (Lipinski definition) is 6. The smallest absolute Gasteiger partial charge is 0.341 e. The molecule has 0 radical (unpaired) electrons. The van der Waals surface area contributed by atoms with E-state index in [1.807, 2.05) is 30.3 Å². The van der Waals surface area contributed by atoms with Crippen molar-refractivity contribution in [1.82, 2.24) is 4.90 Å². The third-order valence-corrected chi connectivity index (χ3v) is 6.58. The van der Waals surface area contributed by atoms with Crippen LogP contribution in [-0.2, 0) is 22.5 Å². The van der Waals surface area contributed by atoms with Crippen LogP contribution in [0.1, 0.15) is 34.1 Å². The van der Waals surface area contributed by atoms with Crippen molar-refractivity contribution < 1.29 is 14.3 Å². The Kier molecular flexibility index (Phi) is 6.93. The molecule has 7 heteroatoms. The maximum Gasteiger partial charge on any atom is 0.341 e. The van der Waals surface area contributed by atoms with E-state index in [4.69, 9.17) is 4.74 Å². The number of fused-ring (bicyclic) bond motifs is 1. The van der Waals surface area contributed by atoms with Crippen molar-refractivity contribution in [3.63, 3.8) is 0 Å². The van der Waals surface area contributed by atoms with Crippen LogP contribution in [0.15, 0.2) is 35.2 Å². The van der Waals surface area contributed by atoms with Gasteiger partial charge in [0, 0.05) is 22.9 Å². The maximum absolute atomic E-state index is 12.4. The number of esters is 1. The molecule has 2 aromatic rings. The second-order valence-corrected chi connectivity index (χ2v) is 8.53. The lowest BCUT2D eigenvalue weighted by Gasteiger charge is -2.26. The van der Waals surface area contributed by atoms with Crippen molar-refractivity contribution >= 4 is 40.0 Å². The van der Waals surface area contributed by atoms with E-state index >= 15 is 0 Å². The second kappa shape index (κ2) is 9.39. The summed E-state index contributed by atoms with van der Waals surface area (Å²) in [7, 11) is 1.38. The fourth-order valence-corrected chi connectivity index (χ4v) is 5.21. The van der Waals surface area contributed by atoms with Gasteiger partial charge >= 0.3 is 5.97 Å². The summed E-state index contributed by atoms with van der Waals surface area (Å²) in [5.74, 6) is -0.185. The Morgan fingerprint density at radius 3 is 2.78 bits per heavy atom. The summed E-state index contributed by atoms with van der Waals surface area (Å²) in [6, 6.07) is 9.80. The van der Waals surface area contributed by atoms with Crippen LogP contribution >= 0.6 is 23.1 Å². The highest BCUT2D eigenvalue weighted by molar-refractivity contribution is 8.00. The van der Waals surface area contributed by atoms with Crippen LogP contribution in [0.25, 0.3) is 0 Å². The number of anilines is 1. The molecule has 0 unspecified atom stereocenters. The van der Waals surface area contributed by atoms with Crippen LogP contribution in [0.4, 0.5) is 5.00 Å².